The summed E-state index contributed by atoms with van der Waals surface area (Å²) in [5, 5.41) is 0. The number of fused-ring (bicyclic) bond motifs is 1. The quantitative estimate of drug-likeness (QED) is 0.778. The van der Waals surface area contributed by atoms with Gasteiger partial charge in [0, 0.05) is 4.88 Å². The average molecular weight is 225 g/mol. The second-order valence-corrected chi connectivity index (χ2v) is 5.03. The molecule has 3 nitrogen and oxygen atoms in total. The highest BCUT2D eigenvalue weighted by Crippen LogP contribution is 2.32. The summed E-state index contributed by atoms with van der Waals surface area (Å²) in [6, 6.07) is 1.97. The van der Waals surface area contributed by atoms with Gasteiger partial charge in [0.15, 0.2) is 0 Å². The number of rotatable bonds is 2. The minimum absolute atomic E-state index is 0.223. The standard InChI is InChI=1S/C11H15NO2S/c1-14-11(13)10-5-8-3-2-7(6-12)4-9(8)15-10/h5,7H,2-4,6,12H2,1H3. The Morgan fingerprint density at radius 3 is 3.20 bits per heavy atom. The highest BCUT2D eigenvalue weighted by atomic mass is 32.1. The van der Waals surface area contributed by atoms with Crippen LogP contribution in [-0.2, 0) is 17.6 Å². The van der Waals surface area contributed by atoms with Crippen LogP contribution in [0.1, 0.15) is 26.5 Å². The Balaban J connectivity index is 2.21. The Kier molecular flexibility index (Phi) is 3.07. The molecule has 1 heterocycles. The molecule has 0 amide bonds. The zero-order valence-corrected chi connectivity index (χ0v) is 9.60. The number of hydrogen-bond acceptors (Lipinski definition) is 4. The first kappa shape index (κ1) is 10.6. The van der Waals surface area contributed by atoms with Crippen molar-refractivity contribution in [3.8, 4) is 0 Å². The lowest BCUT2D eigenvalue weighted by molar-refractivity contribution is 0.0606. The SMILES string of the molecule is COC(=O)c1cc2c(s1)CC(CN)CC2. The van der Waals surface area contributed by atoms with Gasteiger partial charge in [0.2, 0.25) is 0 Å². The van der Waals surface area contributed by atoms with E-state index < -0.39 is 0 Å². The summed E-state index contributed by atoms with van der Waals surface area (Å²) in [5.74, 6) is 0.361. The second kappa shape index (κ2) is 4.33. The van der Waals surface area contributed by atoms with E-state index in [4.69, 9.17) is 10.5 Å². The maximum Gasteiger partial charge on any atom is 0.348 e. The van der Waals surface area contributed by atoms with Crippen molar-refractivity contribution in [2.24, 2.45) is 11.7 Å². The fourth-order valence-corrected chi connectivity index (χ4v) is 3.22. The fourth-order valence-electron chi connectivity index (χ4n) is 1.98. The molecule has 0 aromatic carbocycles. The predicted molar refractivity (Wildman–Crippen MR) is 60.2 cm³/mol. The molecule has 82 valence electrons. The summed E-state index contributed by atoms with van der Waals surface area (Å²) in [5.41, 5.74) is 6.98. The third kappa shape index (κ3) is 2.06. The molecule has 4 heteroatoms. The van der Waals surface area contributed by atoms with Crippen molar-refractivity contribution in [2.45, 2.75) is 19.3 Å². The Morgan fingerprint density at radius 2 is 2.53 bits per heavy atom. The average Bonchev–Trinajstić information content (AvgIpc) is 2.70. The van der Waals surface area contributed by atoms with E-state index in [0.717, 1.165) is 30.7 Å². The first-order valence-electron chi connectivity index (χ1n) is 5.14. The van der Waals surface area contributed by atoms with E-state index >= 15 is 0 Å². The van der Waals surface area contributed by atoms with E-state index in [1.54, 1.807) is 11.3 Å². The van der Waals surface area contributed by atoms with Crippen molar-refractivity contribution >= 4 is 17.3 Å². The van der Waals surface area contributed by atoms with E-state index in [1.807, 2.05) is 6.07 Å². The van der Waals surface area contributed by atoms with E-state index in [0.29, 0.717) is 5.92 Å². The number of hydrogen-bond donors (Lipinski definition) is 1. The highest BCUT2D eigenvalue weighted by molar-refractivity contribution is 7.14. The first-order chi connectivity index (χ1) is 7.24. The maximum absolute atomic E-state index is 11.3. The van der Waals surface area contributed by atoms with Crippen molar-refractivity contribution in [2.75, 3.05) is 13.7 Å². The largest absolute Gasteiger partial charge is 0.465 e. The van der Waals surface area contributed by atoms with Gasteiger partial charge in [-0.2, -0.15) is 0 Å². The Hall–Kier alpha value is -0.870. The number of methoxy groups -OCH3 is 1. The number of carbonyl (C=O) groups excluding carboxylic acids is 1. The van der Waals surface area contributed by atoms with Gasteiger partial charge in [-0.25, -0.2) is 4.79 Å². The number of thiophene rings is 1. The van der Waals surface area contributed by atoms with E-state index in [9.17, 15) is 4.79 Å². The van der Waals surface area contributed by atoms with Crippen LogP contribution in [0.15, 0.2) is 6.07 Å². The van der Waals surface area contributed by atoms with Crippen LogP contribution >= 0.6 is 11.3 Å². The van der Waals surface area contributed by atoms with Gasteiger partial charge in [0.1, 0.15) is 4.88 Å². The third-order valence-electron chi connectivity index (χ3n) is 2.91. The molecular formula is C11H15NO2S. The molecule has 0 spiro atoms. The molecule has 1 aromatic rings. The van der Waals surface area contributed by atoms with Crippen molar-refractivity contribution in [1.29, 1.82) is 0 Å². The molecular weight excluding hydrogens is 210 g/mol. The zero-order chi connectivity index (χ0) is 10.8. The summed E-state index contributed by atoms with van der Waals surface area (Å²) in [6.45, 7) is 0.741. The highest BCUT2D eigenvalue weighted by Gasteiger charge is 2.22. The van der Waals surface area contributed by atoms with Gasteiger partial charge in [-0.05, 0) is 43.4 Å². The molecule has 15 heavy (non-hydrogen) atoms. The molecule has 0 saturated carbocycles. The van der Waals surface area contributed by atoms with Gasteiger partial charge in [-0.3, -0.25) is 0 Å². The molecule has 1 unspecified atom stereocenters. The van der Waals surface area contributed by atoms with Crippen molar-refractivity contribution in [3.05, 3.63) is 21.4 Å². The van der Waals surface area contributed by atoms with Crippen molar-refractivity contribution in [1.82, 2.24) is 0 Å². The molecule has 2 rings (SSSR count). The van der Waals surface area contributed by atoms with E-state index in [2.05, 4.69) is 0 Å². The molecule has 0 fully saturated rings. The number of aryl methyl sites for hydroxylation is 1. The van der Waals surface area contributed by atoms with Gasteiger partial charge < -0.3 is 10.5 Å². The lowest BCUT2D eigenvalue weighted by Gasteiger charge is -2.19. The molecule has 1 atom stereocenters. The summed E-state index contributed by atoms with van der Waals surface area (Å²) >= 11 is 1.56. The topological polar surface area (TPSA) is 52.3 Å². The van der Waals surface area contributed by atoms with Crippen LogP contribution in [0.3, 0.4) is 0 Å². The Labute approximate surface area is 93.2 Å². The maximum atomic E-state index is 11.3. The molecule has 2 N–H and O–H groups in total. The first-order valence-corrected chi connectivity index (χ1v) is 5.96. The lowest BCUT2D eigenvalue weighted by Crippen LogP contribution is -2.20. The third-order valence-corrected chi connectivity index (χ3v) is 4.09. The van der Waals surface area contributed by atoms with Crippen LogP contribution in [0.2, 0.25) is 0 Å². The monoisotopic (exact) mass is 225 g/mol. The van der Waals surface area contributed by atoms with Crippen LogP contribution in [0.4, 0.5) is 0 Å². The summed E-state index contributed by atoms with van der Waals surface area (Å²) in [4.78, 5) is 13.4. The van der Waals surface area contributed by atoms with Crippen LogP contribution < -0.4 is 5.73 Å². The molecule has 0 aliphatic heterocycles. The molecule has 1 aliphatic rings. The summed E-state index contributed by atoms with van der Waals surface area (Å²) < 4.78 is 4.71. The van der Waals surface area contributed by atoms with Crippen molar-refractivity contribution in [3.63, 3.8) is 0 Å². The molecule has 0 radical (unpaired) electrons. The number of esters is 1. The molecule has 1 aromatic heterocycles. The van der Waals surface area contributed by atoms with Gasteiger partial charge >= 0.3 is 5.97 Å². The van der Waals surface area contributed by atoms with Gasteiger partial charge in [-0.1, -0.05) is 0 Å². The van der Waals surface area contributed by atoms with Gasteiger partial charge in [0.05, 0.1) is 7.11 Å². The minimum atomic E-state index is -0.223. The lowest BCUT2D eigenvalue weighted by atomic mass is 9.89. The van der Waals surface area contributed by atoms with Gasteiger partial charge in [0.25, 0.3) is 0 Å². The molecule has 1 aliphatic carbocycles. The minimum Gasteiger partial charge on any atom is -0.465 e. The van der Waals surface area contributed by atoms with Crippen LogP contribution in [0, 0.1) is 5.92 Å². The van der Waals surface area contributed by atoms with E-state index in [1.165, 1.54) is 17.6 Å². The fraction of sp³-hybridized carbons (Fsp3) is 0.545. The van der Waals surface area contributed by atoms with Crippen LogP contribution in [-0.4, -0.2) is 19.6 Å². The number of carbonyl (C=O) groups is 1. The number of ether oxygens (including phenoxy) is 1. The summed E-state index contributed by atoms with van der Waals surface area (Å²) in [7, 11) is 1.42. The van der Waals surface area contributed by atoms with Gasteiger partial charge in [-0.15, -0.1) is 11.3 Å². The van der Waals surface area contributed by atoms with E-state index in [-0.39, 0.29) is 5.97 Å². The predicted octanol–water partition coefficient (Wildman–Crippen LogP) is 1.60. The Bertz CT molecular complexity index is 373. The van der Waals surface area contributed by atoms with Crippen molar-refractivity contribution < 1.29 is 9.53 Å². The van der Waals surface area contributed by atoms with Crippen LogP contribution in [0.5, 0.6) is 0 Å². The van der Waals surface area contributed by atoms with Crippen LogP contribution in [0.25, 0.3) is 0 Å². The molecule has 0 bridgehead atoms. The molecule has 0 saturated heterocycles. The smallest absolute Gasteiger partial charge is 0.348 e. The zero-order valence-electron chi connectivity index (χ0n) is 8.79. The normalized spacial score (nSPS) is 19.7. The number of nitrogens with two attached hydrogens (primary N) is 1. The second-order valence-electron chi connectivity index (χ2n) is 3.90. The Morgan fingerprint density at radius 1 is 1.73 bits per heavy atom. The summed E-state index contributed by atoms with van der Waals surface area (Å²) in [6.07, 6.45) is 3.21.